The molecule has 9 nitrogen and oxygen atoms in total. The summed E-state index contributed by atoms with van der Waals surface area (Å²) in [4.78, 5) is 29.5. The molecule has 2 aromatic heterocycles. The van der Waals surface area contributed by atoms with Gasteiger partial charge in [-0.25, -0.2) is 4.79 Å². The van der Waals surface area contributed by atoms with Crippen LogP contribution in [0.5, 0.6) is 0 Å². The van der Waals surface area contributed by atoms with Gasteiger partial charge in [0.05, 0.1) is 17.6 Å². The third-order valence-corrected chi connectivity index (χ3v) is 8.53. The molecule has 1 amide bonds. The van der Waals surface area contributed by atoms with Crippen LogP contribution in [0.4, 0.5) is 11.4 Å². The lowest BCUT2D eigenvalue weighted by Gasteiger charge is -2.38. The average molecular weight is 583 g/mol. The quantitative estimate of drug-likeness (QED) is 0.205. The minimum Gasteiger partial charge on any atom is -0.475 e. The van der Waals surface area contributed by atoms with Crippen LogP contribution in [-0.4, -0.2) is 59.8 Å². The number of aromatic nitrogens is 1. The van der Waals surface area contributed by atoms with Crippen LogP contribution in [0, 0.1) is 6.92 Å². The van der Waals surface area contributed by atoms with E-state index in [2.05, 4.69) is 50.8 Å². The lowest BCUT2D eigenvalue weighted by atomic mass is 10.1. The summed E-state index contributed by atoms with van der Waals surface area (Å²) < 4.78 is 13.0. The Hall–Kier alpha value is -4.70. The number of nitrogens with zero attached hydrogens (tertiary/aromatic N) is 4. The van der Waals surface area contributed by atoms with E-state index in [0.717, 1.165) is 34.6 Å². The van der Waals surface area contributed by atoms with E-state index < -0.39 is 5.97 Å². The molecule has 3 aromatic carbocycles. The molecule has 1 saturated heterocycles. The fourth-order valence-electron chi connectivity index (χ4n) is 5.25. The van der Waals surface area contributed by atoms with Crippen LogP contribution in [0.1, 0.15) is 32.2 Å². The van der Waals surface area contributed by atoms with Crippen molar-refractivity contribution in [2.24, 2.45) is 0 Å². The molecule has 0 radical (unpaired) electrons. The summed E-state index contributed by atoms with van der Waals surface area (Å²) in [7, 11) is 0. The molecular formula is C32H30N4O5S. The molecule has 0 unspecified atom stereocenters. The Bertz CT molecular complexity index is 1690. The molecule has 1 aliphatic rings. The van der Waals surface area contributed by atoms with Crippen molar-refractivity contribution in [2.45, 2.75) is 18.2 Å². The fraction of sp³-hybridized carbons (Fsp3) is 0.219. The number of carboxylic acid groups (broad SMARTS) is 1. The minimum absolute atomic E-state index is 0.0284. The molecule has 0 bridgehead atoms. The Labute approximate surface area is 247 Å². The van der Waals surface area contributed by atoms with Crippen LogP contribution < -0.4 is 9.21 Å². The minimum atomic E-state index is -1.07. The number of aryl methyl sites for hydroxylation is 1. The van der Waals surface area contributed by atoms with Crippen molar-refractivity contribution in [3.05, 3.63) is 108 Å². The molecule has 214 valence electrons. The average Bonchev–Trinajstić information content (AvgIpc) is 3.68. The maximum absolute atomic E-state index is 12.8. The first-order valence-corrected chi connectivity index (χ1v) is 14.5. The summed E-state index contributed by atoms with van der Waals surface area (Å²) in [6.45, 7) is 5.05. The van der Waals surface area contributed by atoms with Gasteiger partial charge in [0, 0.05) is 54.6 Å². The van der Waals surface area contributed by atoms with Gasteiger partial charge in [0.1, 0.15) is 5.58 Å². The number of fused-ring (bicyclic) bond motifs is 1. The highest BCUT2D eigenvalue weighted by atomic mass is 32.2. The van der Waals surface area contributed by atoms with Gasteiger partial charge in [0.15, 0.2) is 0 Å². The van der Waals surface area contributed by atoms with Crippen LogP contribution in [0.25, 0.3) is 11.0 Å². The second-order valence-electron chi connectivity index (χ2n) is 10.1. The predicted octanol–water partition coefficient (Wildman–Crippen LogP) is 6.15. The molecule has 6 rings (SSSR count). The molecule has 0 spiro atoms. The van der Waals surface area contributed by atoms with Gasteiger partial charge in [-0.05, 0) is 61.2 Å². The van der Waals surface area contributed by atoms with E-state index in [4.69, 9.17) is 8.94 Å². The van der Waals surface area contributed by atoms with Gasteiger partial charge in [-0.2, -0.15) is 0 Å². The first kappa shape index (κ1) is 27.5. The summed E-state index contributed by atoms with van der Waals surface area (Å²) >= 11 is 1.62. The van der Waals surface area contributed by atoms with Crippen molar-refractivity contribution in [1.29, 1.82) is 0 Å². The van der Waals surface area contributed by atoms with E-state index in [-0.39, 0.29) is 17.4 Å². The van der Waals surface area contributed by atoms with Crippen molar-refractivity contribution in [1.82, 2.24) is 10.1 Å². The number of para-hydroxylation sites is 2. The largest absolute Gasteiger partial charge is 0.475 e. The Kier molecular flexibility index (Phi) is 7.87. The summed E-state index contributed by atoms with van der Waals surface area (Å²) in [6.07, 6.45) is 2.33. The lowest BCUT2D eigenvalue weighted by molar-refractivity contribution is 0.0662. The van der Waals surface area contributed by atoms with Gasteiger partial charge in [-0.15, -0.1) is 0 Å². The van der Waals surface area contributed by atoms with Gasteiger partial charge in [0.25, 0.3) is 5.91 Å². The van der Waals surface area contributed by atoms with E-state index in [1.165, 1.54) is 11.8 Å². The number of carbonyl (C=O) groups is 2. The van der Waals surface area contributed by atoms with Crippen molar-refractivity contribution in [2.75, 3.05) is 41.9 Å². The Morgan fingerprint density at radius 2 is 1.74 bits per heavy atom. The van der Waals surface area contributed by atoms with Gasteiger partial charge in [-0.1, -0.05) is 47.6 Å². The number of carbonyl (C=O) groups excluding carboxylic acids is 1. The third kappa shape index (κ3) is 5.71. The van der Waals surface area contributed by atoms with E-state index in [0.29, 0.717) is 37.3 Å². The first-order chi connectivity index (χ1) is 20.5. The van der Waals surface area contributed by atoms with Crippen molar-refractivity contribution >= 4 is 46.2 Å². The van der Waals surface area contributed by atoms with E-state index in [1.807, 2.05) is 36.4 Å². The van der Waals surface area contributed by atoms with Crippen LogP contribution >= 0.6 is 11.9 Å². The van der Waals surface area contributed by atoms with E-state index in [9.17, 15) is 14.7 Å². The molecule has 1 N–H and O–H groups in total. The standard InChI is InChI=1S/C32H30N4O5S/c1-22-25-21-24(11-12-28(25)40-30(22)32(38)39)42-36(16-14-23-7-3-2-4-8-23)27-10-6-5-9-26(27)34-17-19-35(20-18-34)31(37)29-13-15-33-41-29/h2-13,15,21H,14,16-20H2,1H3,(H,38,39). The van der Waals surface area contributed by atoms with E-state index >= 15 is 0 Å². The number of benzene rings is 3. The number of rotatable bonds is 9. The van der Waals surface area contributed by atoms with Crippen LogP contribution in [0.2, 0.25) is 0 Å². The lowest BCUT2D eigenvalue weighted by Crippen LogP contribution is -2.49. The van der Waals surface area contributed by atoms with Crippen LogP contribution in [0.15, 0.2) is 98.9 Å². The predicted molar refractivity (Wildman–Crippen MR) is 162 cm³/mol. The molecule has 0 atom stereocenters. The summed E-state index contributed by atoms with van der Waals surface area (Å²) in [5, 5.41) is 14.0. The number of aromatic carboxylic acids is 1. The zero-order valence-electron chi connectivity index (χ0n) is 23.1. The zero-order valence-corrected chi connectivity index (χ0v) is 23.9. The summed E-state index contributed by atoms with van der Waals surface area (Å²) in [5.74, 6) is -0.984. The first-order valence-electron chi connectivity index (χ1n) is 13.8. The summed E-state index contributed by atoms with van der Waals surface area (Å²) in [5.41, 5.74) is 4.59. The van der Waals surface area contributed by atoms with Crippen molar-refractivity contribution < 1.29 is 23.6 Å². The van der Waals surface area contributed by atoms with Crippen LogP contribution in [0.3, 0.4) is 0 Å². The normalized spacial score (nSPS) is 13.5. The third-order valence-electron chi connectivity index (χ3n) is 7.47. The highest BCUT2D eigenvalue weighted by Gasteiger charge is 2.26. The second-order valence-corrected chi connectivity index (χ2v) is 11.2. The van der Waals surface area contributed by atoms with Gasteiger partial charge in [0.2, 0.25) is 11.5 Å². The highest BCUT2D eigenvalue weighted by Crippen LogP contribution is 2.38. The van der Waals surface area contributed by atoms with E-state index in [1.54, 1.807) is 29.8 Å². The molecule has 0 saturated carbocycles. The van der Waals surface area contributed by atoms with Gasteiger partial charge < -0.3 is 28.2 Å². The highest BCUT2D eigenvalue weighted by molar-refractivity contribution is 8.00. The topological polar surface area (TPSA) is 103 Å². The molecule has 1 fully saturated rings. The number of carboxylic acids is 1. The number of hydrogen-bond donors (Lipinski definition) is 1. The summed E-state index contributed by atoms with van der Waals surface area (Å²) in [6, 6.07) is 26.1. The van der Waals surface area contributed by atoms with Gasteiger partial charge >= 0.3 is 5.97 Å². The molecule has 3 heterocycles. The SMILES string of the molecule is Cc1c(C(=O)O)oc2ccc(SN(CCc3ccccc3)c3ccccc3N3CCN(C(=O)c4ccno4)CC3)cc12. The number of anilines is 2. The van der Waals surface area contributed by atoms with Gasteiger partial charge in [-0.3, -0.25) is 4.79 Å². The Morgan fingerprint density at radius 3 is 2.48 bits per heavy atom. The van der Waals surface area contributed by atoms with Crippen molar-refractivity contribution in [3.8, 4) is 0 Å². The number of hydrogen-bond acceptors (Lipinski definition) is 8. The second kappa shape index (κ2) is 12.0. The zero-order chi connectivity index (χ0) is 29.1. The number of piperazine rings is 1. The molecule has 10 heteroatoms. The smallest absolute Gasteiger partial charge is 0.372 e. The maximum atomic E-state index is 12.8. The number of amides is 1. The maximum Gasteiger partial charge on any atom is 0.372 e. The number of furan rings is 1. The molecule has 0 aliphatic carbocycles. The monoisotopic (exact) mass is 582 g/mol. The molecule has 1 aliphatic heterocycles. The van der Waals surface area contributed by atoms with Crippen LogP contribution in [-0.2, 0) is 6.42 Å². The molecule has 5 aromatic rings. The Balaban J connectivity index is 1.27. The van der Waals surface area contributed by atoms with Crippen molar-refractivity contribution in [3.63, 3.8) is 0 Å². The Morgan fingerprint density at radius 1 is 0.976 bits per heavy atom. The fourth-order valence-corrected chi connectivity index (χ4v) is 6.24. The molecular weight excluding hydrogens is 552 g/mol. The molecule has 42 heavy (non-hydrogen) atoms.